The zero-order chi connectivity index (χ0) is 28.4. The molecule has 3 atom stereocenters. The summed E-state index contributed by atoms with van der Waals surface area (Å²) in [6, 6.07) is 25.3. The van der Waals surface area contributed by atoms with Crippen molar-refractivity contribution in [2.45, 2.75) is 44.3 Å². The summed E-state index contributed by atoms with van der Waals surface area (Å²) in [5, 5.41) is 2.88. The lowest BCUT2D eigenvalue weighted by Gasteiger charge is -2.32. The van der Waals surface area contributed by atoms with Crippen molar-refractivity contribution < 1.29 is 19.2 Å². The second kappa shape index (κ2) is 13.9. The van der Waals surface area contributed by atoms with E-state index in [9.17, 15) is 19.2 Å². The van der Waals surface area contributed by atoms with Crippen LogP contribution in [0.5, 0.6) is 0 Å². The molecule has 0 unspecified atom stereocenters. The van der Waals surface area contributed by atoms with Gasteiger partial charge in [0.15, 0.2) is 0 Å². The van der Waals surface area contributed by atoms with Crippen LogP contribution in [0.1, 0.15) is 23.6 Å². The van der Waals surface area contributed by atoms with Gasteiger partial charge < -0.3 is 20.9 Å². The molecule has 8 heteroatoms. The van der Waals surface area contributed by atoms with E-state index in [1.54, 1.807) is 7.05 Å². The molecule has 0 saturated carbocycles. The monoisotopic (exact) mass is 528 g/mol. The standard InChI is InChI=1S/C31H36N4O4/c1-22(36)34(2)28(21-25-17-11-6-12-18-25)30(38)33-26(19-23-13-7-4-8-14-23)31(39)35(3)27(29(32)37)20-24-15-9-5-10-16-24/h4-18,26-28H,19-21H2,1-3H3,(H2,32,37)(H,33,38)/t26-,27-,28-/m0/s1. The summed E-state index contributed by atoms with van der Waals surface area (Å²) in [7, 11) is 3.09. The minimum Gasteiger partial charge on any atom is -0.368 e. The lowest BCUT2D eigenvalue weighted by Crippen LogP contribution is -2.58. The van der Waals surface area contributed by atoms with Crippen LogP contribution in [0.15, 0.2) is 91.0 Å². The number of primary amides is 1. The fourth-order valence-corrected chi connectivity index (χ4v) is 4.45. The minimum absolute atomic E-state index is 0.203. The third-order valence-corrected chi connectivity index (χ3v) is 6.85. The Morgan fingerprint density at radius 3 is 1.49 bits per heavy atom. The number of benzene rings is 3. The predicted molar refractivity (Wildman–Crippen MR) is 150 cm³/mol. The number of likely N-dealkylation sites (N-methyl/N-ethyl adjacent to an activating group) is 2. The van der Waals surface area contributed by atoms with E-state index >= 15 is 0 Å². The largest absolute Gasteiger partial charge is 0.368 e. The highest BCUT2D eigenvalue weighted by atomic mass is 16.2. The van der Waals surface area contributed by atoms with Crippen LogP contribution in [0.4, 0.5) is 0 Å². The van der Waals surface area contributed by atoms with Crippen molar-refractivity contribution in [3.05, 3.63) is 108 Å². The van der Waals surface area contributed by atoms with Gasteiger partial charge in [0, 0.05) is 40.3 Å². The third-order valence-electron chi connectivity index (χ3n) is 6.85. The third kappa shape index (κ3) is 8.26. The maximum Gasteiger partial charge on any atom is 0.245 e. The Balaban J connectivity index is 1.89. The highest BCUT2D eigenvalue weighted by molar-refractivity contribution is 5.94. The molecule has 8 nitrogen and oxygen atoms in total. The molecular formula is C31H36N4O4. The van der Waals surface area contributed by atoms with Gasteiger partial charge in [0.25, 0.3) is 0 Å². The number of rotatable bonds is 12. The van der Waals surface area contributed by atoms with E-state index in [4.69, 9.17) is 5.73 Å². The molecule has 204 valence electrons. The fourth-order valence-electron chi connectivity index (χ4n) is 4.45. The van der Waals surface area contributed by atoms with Crippen molar-refractivity contribution in [2.24, 2.45) is 5.73 Å². The number of nitrogens with one attached hydrogen (secondary N) is 1. The van der Waals surface area contributed by atoms with E-state index in [2.05, 4.69) is 5.32 Å². The van der Waals surface area contributed by atoms with Gasteiger partial charge >= 0.3 is 0 Å². The molecular weight excluding hydrogens is 492 g/mol. The number of hydrogen-bond acceptors (Lipinski definition) is 4. The van der Waals surface area contributed by atoms with E-state index in [-0.39, 0.29) is 25.2 Å². The number of nitrogens with zero attached hydrogens (tertiary/aromatic N) is 2. The van der Waals surface area contributed by atoms with Crippen LogP contribution in [0.3, 0.4) is 0 Å². The number of nitrogens with two attached hydrogens (primary N) is 1. The van der Waals surface area contributed by atoms with Crippen molar-refractivity contribution >= 4 is 23.6 Å². The van der Waals surface area contributed by atoms with Gasteiger partial charge in [-0.2, -0.15) is 0 Å². The van der Waals surface area contributed by atoms with Crippen molar-refractivity contribution in [1.82, 2.24) is 15.1 Å². The first-order chi connectivity index (χ1) is 18.7. The van der Waals surface area contributed by atoms with Gasteiger partial charge in [-0.05, 0) is 16.7 Å². The maximum absolute atomic E-state index is 13.8. The summed E-state index contributed by atoms with van der Waals surface area (Å²) in [4.78, 5) is 54.8. The Morgan fingerprint density at radius 1 is 0.667 bits per heavy atom. The Morgan fingerprint density at radius 2 is 1.08 bits per heavy atom. The molecule has 0 saturated heterocycles. The molecule has 0 aliphatic carbocycles. The van der Waals surface area contributed by atoms with Gasteiger partial charge in [-0.1, -0.05) is 91.0 Å². The predicted octanol–water partition coefficient (Wildman–Crippen LogP) is 2.36. The molecule has 0 spiro atoms. The van der Waals surface area contributed by atoms with E-state index in [0.29, 0.717) is 0 Å². The highest BCUT2D eigenvalue weighted by Crippen LogP contribution is 2.14. The van der Waals surface area contributed by atoms with E-state index in [0.717, 1.165) is 16.7 Å². The molecule has 3 aromatic rings. The Labute approximate surface area is 229 Å². The van der Waals surface area contributed by atoms with Crippen LogP contribution in [-0.2, 0) is 38.4 Å². The van der Waals surface area contributed by atoms with Crippen LogP contribution in [0.2, 0.25) is 0 Å². The van der Waals surface area contributed by atoms with Crippen LogP contribution in [0, 0.1) is 0 Å². The number of carbonyl (C=O) groups excluding carboxylic acids is 4. The molecule has 0 aliphatic rings. The molecule has 0 aromatic heterocycles. The Kier molecular flexibility index (Phi) is 10.4. The second-order valence-electron chi connectivity index (χ2n) is 9.64. The summed E-state index contributed by atoms with van der Waals surface area (Å²) < 4.78 is 0. The lowest BCUT2D eigenvalue weighted by atomic mass is 9.99. The molecule has 4 amide bonds. The normalized spacial score (nSPS) is 13.0. The van der Waals surface area contributed by atoms with Crippen molar-refractivity contribution in [3.63, 3.8) is 0 Å². The van der Waals surface area contributed by atoms with Crippen LogP contribution >= 0.6 is 0 Å². The molecule has 3 rings (SSSR count). The van der Waals surface area contributed by atoms with Gasteiger partial charge in [-0.3, -0.25) is 19.2 Å². The maximum atomic E-state index is 13.8. The molecule has 3 aromatic carbocycles. The number of carbonyl (C=O) groups is 4. The first-order valence-electron chi connectivity index (χ1n) is 12.9. The molecule has 0 bridgehead atoms. The topological polar surface area (TPSA) is 113 Å². The zero-order valence-corrected chi connectivity index (χ0v) is 22.6. The van der Waals surface area contributed by atoms with E-state index in [1.165, 1.54) is 23.8 Å². The second-order valence-corrected chi connectivity index (χ2v) is 9.64. The zero-order valence-electron chi connectivity index (χ0n) is 22.6. The van der Waals surface area contributed by atoms with E-state index in [1.807, 2.05) is 91.0 Å². The molecule has 3 N–H and O–H groups in total. The first kappa shape index (κ1) is 29.1. The van der Waals surface area contributed by atoms with Gasteiger partial charge in [0.2, 0.25) is 23.6 Å². The summed E-state index contributed by atoms with van der Waals surface area (Å²) in [6.45, 7) is 1.40. The van der Waals surface area contributed by atoms with Crippen LogP contribution < -0.4 is 11.1 Å². The van der Waals surface area contributed by atoms with Gasteiger partial charge in [-0.25, -0.2) is 0 Å². The van der Waals surface area contributed by atoms with Gasteiger partial charge in [0.05, 0.1) is 0 Å². The van der Waals surface area contributed by atoms with Crippen molar-refractivity contribution in [2.75, 3.05) is 14.1 Å². The summed E-state index contributed by atoms with van der Waals surface area (Å²) in [5.41, 5.74) is 8.29. The smallest absolute Gasteiger partial charge is 0.245 e. The lowest BCUT2D eigenvalue weighted by molar-refractivity contribution is -0.143. The average molecular weight is 529 g/mol. The Bertz CT molecular complexity index is 1250. The molecule has 0 fully saturated rings. The molecule has 39 heavy (non-hydrogen) atoms. The molecule has 0 aliphatic heterocycles. The molecule has 0 radical (unpaired) electrons. The van der Waals surface area contributed by atoms with Gasteiger partial charge in [-0.15, -0.1) is 0 Å². The summed E-state index contributed by atoms with van der Waals surface area (Å²) >= 11 is 0. The van der Waals surface area contributed by atoms with Crippen LogP contribution in [0.25, 0.3) is 0 Å². The quantitative estimate of drug-likeness (QED) is 0.376. The van der Waals surface area contributed by atoms with Crippen molar-refractivity contribution in [3.8, 4) is 0 Å². The SMILES string of the molecule is CC(=O)N(C)[C@@H](Cc1ccccc1)C(=O)N[C@@H](Cc1ccccc1)C(=O)N(C)[C@@H](Cc1ccccc1)C(N)=O. The van der Waals surface area contributed by atoms with Gasteiger partial charge in [0.1, 0.15) is 18.1 Å². The first-order valence-corrected chi connectivity index (χ1v) is 12.9. The molecule has 0 heterocycles. The highest BCUT2D eigenvalue weighted by Gasteiger charge is 2.34. The number of amides is 4. The van der Waals surface area contributed by atoms with Crippen molar-refractivity contribution in [1.29, 1.82) is 0 Å². The fraction of sp³-hybridized carbons (Fsp3) is 0.290. The minimum atomic E-state index is -0.985. The number of hydrogen-bond donors (Lipinski definition) is 2. The van der Waals surface area contributed by atoms with E-state index < -0.39 is 35.8 Å². The average Bonchev–Trinajstić information content (AvgIpc) is 2.94. The summed E-state index contributed by atoms with van der Waals surface area (Å²) in [5.74, 6) is -1.82. The Hall–Kier alpha value is -4.46. The van der Waals surface area contributed by atoms with Crippen LogP contribution in [-0.4, -0.2) is 65.6 Å². The summed E-state index contributed by atoms with van der Waals surface area (Å²) in [6.07, 6.45) is 0.727.